The van der Waals surface area contributed by atoms with Gasteiger partial charge in [0.05, 0.1) is 19.6 Å². The first-order valence-corrected chi connectivity index (χ1v) is 4.70. The highest BCUT2D eigenvalue weighted by Crippen LogP contribution is 2.35. The summed E-state index contributed by atoms with van der Waals surface area (Å²) in [5.41, 5.74) is 0.407. The quantitative estimate of drug-likeness (QED) is 0.795. The van der Waals surface area contributed by atoms with Crippen LogP contribution in [0.5, 0.6) is 5.75 Å². The van der Waals surface area contributed by atoms with Crippen LogP contribution in [0.15, 0.2) is 24.3 Å². The van der Waals surface area contributed by atoms with Gasteiger partial charge in [0.25, 0.3) is 0 Å². The van der Waals surface area contributed by atoms with Crippen molar-refractivity contribution in [3.05, 3.63) is 29.8 Å². The van der Waals surface area contributed by atoms with Gasteiger partial charge in [0.1, 0.15) is 5.75 Å². The lowest BCUT2D eigenvalue weighted by Crippen LogP contribution is -2.15. The highest BCUT2D eigenvalue weighted by Gasteiger charge is 2.33. The molecule has 0 amide bonds. The maximum Gasteiger partial charge on any atom is 0.391 e. The molecular weight excluding hydrogens is 221 g/mol. The Balaban J connectivity index is 2.94. The Bertz CT molecular complexity index is 336. The smallest absolute Gasteiger partial charge is 0.391 e. The predicted molar refractivity (Wildman–Crippen MR) is 53.4 cm³/mol. The van der Waals surface area contributed by atoms with Crippen molar-refractivity contribution in [3.8, 4) is 5.75 Å². The molecule has 1 rings (SSSR count). The summed E-state index contributed by atoms with van der Waals surface area (Å²) in [6.45, 7) is 0. The summed E-state index contributed by atoms with van der Waals surface area (Å²) in [5.74, 6) is 0.401. The van der Waals surface area contributed by atoms with Crippen molar-refractivity contribution in [2.45, 2.75) is 18.7 Å². The minimum Gasteiger partial charge on any atom is -0.496 e. The topological polar surface area (TPSA) is 18.5 Å². The monoisotopic (exact) mass is 234 g/mol. The zero-order valence-electron chi connectivity index (χ0n) is 9.04. The third kappa shape index (κ3) is 3.41. The van der Waals surface area contributed by atoms with Gasteiger partial charge in [-0.1, -0.05) is 18.2 Å². The van der Waals surface area contributed by atoms with Crippen molar-refractivity contribution in [1.82, 2.24) is 0 Å². The van der Waals surface area contributed by atoms with Crippen molar-refractivity contribution in [3.63, 3.8) is 0 Å². The Morgan fingerprint density at radius 1 is 1.19 bits per heavy atom. The molecule has 16 heavy (non-hydrogen) atoms. The zero-order valence-corrected chi connectivity index (χ0v) is 9.04. The second-order valence-corrected chi connectivity index (χ2v) is 3.29. The fourth-order valence-electron chi connectivity index (χ4n) is 1.46. The largest absolute Gasteiger partial charge is 0.496 e. The minimum absolute atomic E-state index is 0.401. The summed E-state index contributed by atoms with van der Waals surface area (Å²) in [4.78, 5) is 0. The molecule has 1 aromatic rings. The van der Waals surface area contributed by atoms with Crippen molar-refractivity contribution in [2.24, 2.45) is 0 Å². The van der Waals surface area contributed by atoms with E-state index in [1.165, 1.54) is 14.2 Å². The standard InChI is InChI=1S/C11H13F3O2/c1-15-9-6-4-3-5-8(9)10(16-2)7-11(12,13)14/h3-6,10H,7H2,1-2H3. The van der Waals surface area contributed by atoms with E-state index in [-0.39, 0.29) is 0 Å². The lowest BCUT2D eigenvalue weighted by Gasteiger charge is -2.19. The number of alkyl halides is 3. The molecular formula is C11H13F3O2. The number of benzene rings is 1. The molecule has 0 spiro atoms. The average molecular weight is 234 g/mol. The Morgan fingerprint density at radius 3 is 2.31 bits per heavy atom. The Hall–Kier alpha value is -1.23. The van der Waals surface area contributed by atoms with Gasteiger partial charge in [-0.15, -0.1) is 0 Å². The van der Waals surface area contributed by atoms with Crippen molar-refractivity contribution >= 4 is 0 Å². The van der Waals surface area contributed by atoms with Crippen molar-refractivity contribution in [2.75, 3.05) is 14.2 Å². The number of hydrogen-bond donors (Lipinski definition) is 0. The van der Waals surface area contributed by atoms with Gasteiger partial charge >= 0.3 is 6.18 Å². The third-order valence-corrected chi connectivity index (χ3v) is 2.19. The van der Waals surface area contributed by atoms with Gasteiger partial charge in [0.2, 0.25) is 0 Å². The number of rotatable bonds is 4. The highest BCUT2D eigenvalue weighted by atomic mass is 19.4. The minimum atomic E-state index is -4.26. The normalized spacial score (nSPS) is 13.6. The molecule has 90 valence electrons. The number of methoxy groups -OCH3 is 2. The molecule has 0 N–H and O–H groups in total. The van der Waals surface area contributed by atoms with Crippen LogP contribution in [-0.2, 0) is 4.74 Å². The molecule has 0 aromatic heterocycles. The summed E-state index contributed by atoms with van der Waals surface area (Å²) >= 11 is 0. The molecule has 0 aliphatic heterocycles. The molecule has 0 saturated heterocycles. The van der Waals surface area contributed by atoms with Crippen LogP contribution < -0.4 is 4.74 Å². The lowest BCUT2D eigenvalue weighted by atomic mass is 10.1. The second-order valence-electron chi connectivity index (χ2n) is 3.29. The molecule has 0 radical (unpaired) electrons. The molecule has 0 fully saturated rings. The molecule has 0 bridgehead atoms. The molecule has 2 nitrogen and oxygen atoms in total. The average Bonchev–Trinajstić information content (AvgIpc) is 2.24. The first-order valence-electron chi connectivity index (χ1n) is 4.70. The van der Waals surface area contributed by atoms with Gasteiger partial charge in [-0.3, -0.25) is 0 Å². The third-order valence-electron chi connectivity index (χ3n) is 2.19. The van der Waals surface area contributed by atoms with Crippen molar-refractivity contribution < 1.29 is 22.6 Å². The lowest BCUT2D eigenvalue weighted by molar-refractivity contribution is -0.158. The molecule has 1 atom stereocenters. The molecule has 5 heteroatoms. The van der Waals surface area contributed by atoms with E-state index in [4.69, 9.17) is 9.47 Å². The fourth-order valence-corrected chi connectivity index (χ4v) is 1.46. The first-order chi connectivity index (χ1) is 7.48. The molecule has 0 aliphatic carbocycles. The van der Waals surface area contributed by atoms with Crippen LogP contribution in [0.2, 0.25) is 0 Å². The fraction of sp³-hybridized carbons (Fsp3) is 0.455. The van der Waals surface area contributed by atoms with Gasteiger partial charge in [-0.2, -0.15) is 13.2 Å². The Morgan fingerprint density at radius 2 is 1.81 bits per heavy atom. The van der Waals surface area contributed by atoms with E-state index in [0.29, 0.717) is 11.3 Å². The van der Waals surface area contributed by atoms with Crippen LogP contribution in [-0.4, -0.2) is 20.4 Å². The van der Waals surface area contributed by atoms with E-state index in [1.807, 2.05) is 0 Å². The van der Waals surface area contributed by atoms with Crippen molar-refractivity contribution in [1.29, 1.82) is 0 Å². The number of ether oxygens (including phenoxy) is 2. The first kappa shape index (κ1) is 12.8. The van der Waals surface area contributed by atoms with Gasteiger partial charge < -0.3 is 9.47 Å². The number of halogens is 3. The van der Waals surface area contributed by atoms with E-state index in [9.17, 15) is 13.2 Å². The molecule has 0 aliphatic rings. The van der Waals surface area contributed by atoms with Gasteiger partial charge in [0.15, 0.2) is 0 Å². The van der Waals surface area contributed by atoms with E-state index in [1.54, 1.807) is 24.3 Å². The van der Waals surface area contributed by atoms with E-state index in [0.717, 1.165) is 0 Å². The molecule has 1 aromatic carbocycles. The molecule has 1 unspecified atom stereocenters. The van der Waals surface area contributed by atoms with Crippen LogP contribution in [0, 0.1) is 0 Å². The van der Waals surface area contributed by atoms with E-state index >= 15 is 0 Å². The van der Waals surface area contributed by atoms with E-state index in [2.05, 4.69) is 0 Å². The molecule has 0 saturated carbocycles. The van der Waals surface area contributed by atoms with Crippen LogP contribution in [0.4, 0.5) is 13.2 Å². The molecule has 0 heterocycles. The highest BCUT2D eigenvalue weighted by molar-refractivity contribution is 5.35. The Kier molecular flexibility index (Phi) is 4.18. The summed E-state index contributed by atoms with van der Waals surface area (Å²) in [5, 5.41) is 0. The van der Waals surface area contributed by atoms with Gasteiger partial charge in [0, 0.05) is 12.7 Å². The van der Waals surface area contributed by atoms with E-state index < -0.39 is 18.7 Å². The van der Waals surface area contributed by atoms with Crippen LogP contribution in [0.25, 0.3) is 0 Å². The number of para-hydroxylation sites is 1. The maximum atomic E-state index is 12.3. The predicted octanol–water partition coefficient (Wildman–Crippen LogP) is 3.34. The maximum absolute atomic E-state index is 12.3. The second kappa shape index (κ2) is 5.21. The summed E-state index contributed by atoms with van der Waals surface area (Å²) in [6.07, 6.45) is -6.32. The summed E-state index contributed by atoms with van der Waals surface area (Å²) in [6, 6.07) is 6.53. The van der Waals surface area contributed by atoms with Crippen LogP contribution >= 0.6 is 0 Å². The summed E-state index contributed by atoms with van der Waals surface area (Å²) in [7, 11) is 2.67. The number of hydrogen-bond acceptors (Lipinski definition) is 2. The van der Waals surface area contributed by atoms with Gasteiger partial charge in [-0.25, -0.2) is 0 Å². The summed E-state index contributed by atoms with van der Waals surface area (Å²) < 4.78 is 46.7. The zero-order chi connectivity index (χ0) is 12.2. The van der Waals surface area contributed by atoms with Gasteiger partial charge in [-0.05, 0) is 6.07 Å². The van der Waals surface area contributed by atoms with Crippen LogP contribution in [0.3, 0.4) is 0 Å². The van der Waals surface area contributed by atoms with Crippen LogP contribution in [0.1, 0.15) is 18.1 Å². The Labute approximate surface area is 92.0 Å². The SMILES string of the molecule is COc1ccccc1C(CC(F)(F)F)OC.